The zero-order valence-electron chi connectivity index (χ0n) is 14.0. The molecule has 2 nitrogen and oxygen atoms in total. The molecule has 0 aromatic heterocycles. The first kappa shape index (κ1) is 19.0. The van der Waals surface area contributed by atoms with E-state index < -0.39 is 40.1 Å². The van der Waals surface area contributed by atoms with Crippen LogP contribution in [0.4, 0.5) is 17.6 Å². The van der Waals surface area contributed by atoms with Crippen molar-refractivity contribution in [2.75, 3.05) is 7.11 Å². The van der Waals surface area contributed by atoms with E-state index in [1.165, 1.54) is 19.2 Å². The Kier molecular flexibility index (Phi) is 5.51. The molecule has 0 spiro atoms. The van der Waals surface area contributed by atoms with Crippen LogP contribution in [0.15, 0.2) is 75.4 Å². The Balaban J connectivity index is 2.16. The van der Waals surface area contributed by atoms with Crippen LogP contribution in [-0.4, -0.2) is 13.1 Å². The lowest BCUT2D eigenvalue weighted by Crippen LogP contribution is -2.08. The summed E-state index contributed by atoms with van der Waals surface area (Å²) in [5.74, 6) is -3.75. The molecule has 0 atom stereocenters. The summed E-state index contributed by atoms with van der Waals surface area (Å²) in [6.07, 6.45) is 0. The van der Waals surface area contributed by atoms with E-state index in [9.17, 15) is 22.4 Å². The van der Waals surface area contributed by atoms with Crippen LogP contribution in [0.3, 0.4) is 0 Å². The molecule has 3 aromatic rings. The standard InChI is InChI=1S/C20H13F4O2S/c1-26-20(25)12-2-4-17(5-3-12)27(18-8-13(21)6-14(22)9-18)19-10-15(23)7-16(24)11-19/h2-11H,1H3/q+1. The molecule has 0 saturated carbocycles. The highest BCUT2D eigenvalue weighted by Gasteiger charge is 2.31. The molecule has 0 aliphatic rings. The number of carbonyl (C=O) groups is 1. The average molecular weight is 393 g/mol. The van der Waals surface area contributed by atoms with Crippen molar-refractivity contribution < 1.29 is 27.1 Å². The van der Waals surface area contributed by atoms with Crippen LogP contribution in [0.2, 0.25) is 0 Å². The lowest BCUT2D eigenvalue weighted by atomic mass is 10.2. The molecule has 3 aromatic carbocycles. The van der Waals surface area contributed by atoms with Gasteiger partial charge in [0.1, 0.15) is 23.3 Å². The molecule has 0 fully saturated rings. The maximum absolute atomic E-state index is 13.7. The minimum atomic E-state index is -1.19. The van der Waals surface area contributed by atoms with Crippen LogP contribution in [0.5, 0.6) is 0 Å². The Labute approximate surface area is 155 Å². The van der Waals surface area contributed by atoms with E-state index in [-0.39, 0.29) is 15.4 Å². The molecular weight excluding hydrogens is 380 g/mol. The fourth-order valence-corrected chi connectivity index (χ4v) is 4.69. The maximum Gasteiger partial charge on any atom is 0.337 e. The number of ether oxygens (including phenoxy) is 1. The molecule has 0 aliphatic heterocycles. The van der Waals surface area contributed by atoms with Crippen molar-refractivity contribution in [3.05, 3.63) is 89.5 Å². The summed E-state index contributed by atoms with van der Waals surface area (Å²) in [5, 5.41) is 0. The molecule has 0 heterocycles. The van der Waals surface area contributed by atoms with Gasteiger partial charge in [-0.3, -0.25) is 0 Å². The van der Waals surface area contributed by atoms with Gasteiger partial charge in [0.2, 0.25) is 0 Å². The predicted octanol–water partition coefficient (Wildman–Crippen LogP) is 5.13. The van der Waals surface area contributed by atoms with E-state index >= 15 is 0 Å². The van der Waals surface area contributed by atoms with Crippen molar-refractivity contribution in [1.82, 2.24) is 0 Å². The molecular formula is C20H13F4O2S+. The van der Waals surface area contributed by atoms with Gasteiger partial charge in [-0.15, -0.1) is 0 Å². The average Bonchev–Trinajstić information content (AvgIpc) is 2.60. The Bertz CT molecular complexity index is 898. The minimum absolute atomic E-state index is 0.211. The predicted molar refractivity (Wildman–Crippen MR) is 92.7 cm³/mol. The summed E-state index contributed by atoms with van der Waals surface area (Å²) in [6.45, 7) is 0. The zero-order chi connectivity index (χ0) is 19.6. The molecule has 3 rings (SSSR count). The van der Waals surface area contributed by atoms with Crippen LogP contribution in [0.1, 0.15) is 10.4 Å². The van der Waals surface area contributed by atoms with Crippen LogP contribution in [0, 0.1) is 23.3 Å². The second-order valence-corrected chi connectivity index (χ2v) is 7.56. The Hall–Kier alpha value is -2.80. The van der Waals surface area contributed by atoms with Gasteiger partial charge >= 0.3 is 5.97 Å². The fraction of sp³-hybridized carbons (Fsp3) is 0.0500. The molecule has 7 heteroatoms. The van der Waals surface area contributed by atoms with Crippen LogP contribution < -0.4 is 0 Å². The number of methoxy groups -OCH3 is 1. The number of benzene rings is 3. The quantitative estimate of drug-likeness (QED) is 0.349. The third-order valence-electron chi connectivity index (χ3n) is 3.65. The third kappa shape index (κ3) is 4.31. The van der Waals surface area contributed by atoms with Crippen LogP contribution in [0.25, 0.3) is 0 Å². The smallest absolute Gasteiger partial charge is 0.337 e. The second-order valence-electron chi connectivity index (χ2n) is 5.53. The summed E-state index contributed by atoms with van der Waals surface area (Å²) >= 11 is 0. The molecule has 138 valence electrons. The summed E-state index contributed by atoms with van der Waals surface area (Å²) in [7, 11) is 0.0506. The molecule has 0 unspecified atom stereocenters. The maximum atomic E-state index is 13.7. The van der Waals surface area contributed by atoms with E-state index in [1.807, 2.05) is 0 Å². The molecule has 0 N–H and O–H groups in total. The SMILES string of the molecule is COC(=O)c1ccc([S+](c2cc(F)cc(F)c2)c2cc(F)cc(F)c2)cc1. The summed E-state index contributed by atoms with van der Waals surface area (Å²) in [4.78, 5) is 12.5. The number of carbonyl (C=O) groups excluding carboxylic acids is 1. The molecule has 27 heavy (non-hydrogen) atoms. The van der Waals surface area contributed by atoms with Crippen molar-refractivity contribution in [1.29, 1.82) is 0 Å². The highest BCUT2D eigenvalue weighted by atomic mass is 32.2. The largest absolute Gasteiger partial charge is 0.465 e. The van der Waals surface area contributed by atoms with E-state index in [4.69, 9.17) is 0 Å². The Morgan fingerprint density at radius 1 is 0.704 bits per heavy atom. The van der Waals surface area contributed by atoms with Crippen LogP contribution in [-0.2, 0) is 15.6 Å². The summed E-state index contributed by atoms with van der Waals surface area (Å²) in [5.41, 5.74) is 0.278. The molecule has 0 bridgehead atoms. The first-order chi connectivity index (χ1) is 12.9. The van der Waals surface area contributed by atoms with E-state index in [0.717, 1.165) is 36.4 Å². The van der Waals surface area contributed by atoms with Gasteiger partial charge in [-0.2, -0.15) is 0 Å². The second kappa shape index (κ2) is 7.84. The molecule has 0 aliphatic carbocycles. The first-order valence-corrected chi connectivity index (χ1v) is 8.95. The normalized spacial score (nSPS) is 10.9. The number of hydrogen-bond acceptors (Lipinski definition) is 2. The third-order valence-corrected chi connectivity index (χ3v) is 5.81. The number of halogens is 4. The fourth-order valence-electron chi connectivity index (χ4n) is 2.55. The van der Waals surface area contributed by atoms with Crippen molar-refractivity contribution in [3.8, 4) is 0 Å². The minimum Gasteiger partial charge on any atom is -0.465 e. The molecule has 0 radical (unpaired) electrons. The van der Waals surface area contributed by atoms with Gasteiger partial charge in [0, 0.05) is 36.4 Å². The summed E-state index contributed by atoms with van der Waals surface area (Å²) in [6, 6.07) is 12.0. The van der Waals surface area contributed by atoms with Gasteiger partial charge in [0.05, 0.1) is 23.6 Å². The van der Waals surface area contributed by atoms with Gasteiger partial charge in [0.15, 0.2) is 14.7 Å². The monoisotopic (exact) mass is 393 g/mol. The van der Waals surface area contributed by atoms with Crippen molar-refractivity contribution in [3.63, 3.8) is 0 Å². The zero-order valence-corrected chi connectivity index (χ0v) is 14.8. The summed E-state index contributed by atoms with van der Waals surface area (Å²) < 4.78 is 59.6. The van der Waals surface area contributed by atoms with Crippen molar-refractivity contribution >= 4 is 16.9 Å². The van der Waals surface area contributed by atoms with Gasteiger partial charge in [-0.05, 0) is 24.3 Å². The van der Waals surface area contributed by atoms with E-state index in [2.05, 4.69) is 4.74 Å². The lowest BCUT2D eigenvalue weighted by molar-refractivity contribution is 0.0600. The number of esters is 1. The van der Waals surface area contributed by atoms with Gasteiger partial charge < -0.3 is 4.74 Å². The number of rotatable bonds is 4. The first-order valence-electron chi connectivity index (χ1n) is 7.72. The van der Waals surface area contributed by atoms with E-state index in [0.29, 0.717) is 4.90 Å². The van der Waals surface area contributed by atoms with Gasteiger partial charge in [-0.1, -0.05) is 0 Å². The molecule has 0 saturated heterocycles. The van der Waals surface area contributed by atoms with Gasteiger partial charge in [0.25, 0.3) is 0 Å². The highest BCUT2D eigenvalue weighted by Crippen LogP contribution is 2.33. The Morgan fingerprint density at radius 2 is 1.11 bits per heavy atom. The van der Waals surface area contributed by atoms with E-state index in [1.54, 1.807) is 12.1 Å². The van der Waals surface area contributed by atoms with Gasteiger partial charge in [-0.25, -0.2) is 22.4 Å². The van der Waals surface area contributed by atoms with Crippen LogP contribution >= 0.6 is 0 Å². The highest BCUT2D eigenvalue weighted by molar-refractivity contribution is 7.97. The van der Waals surface area contributed by atoms with Crippen molar-refractivity contribution in [2.45, 2.75) is 14.7 Å². The molecule has 0 amide bonds. The lowest BCUT2D eigenvalue weighted by Gasteiger charge is -2.09. The Morgan fingerprint density at radius 3 is 1.48 bits per heavy atom. The topological polar surface area (TPSA) is 26.3 Å². The number of hydrogen-bond donors (Lipinski definition) is 0. The van der Waals surface area contributed by atoms with Crippen molar-refractivity contribution in [2.24, 2.45) is 0 Å².